The van der Waals surface area contributed by atoms with Crippen molar-refractivity contribution in [3.63, 3.8) is 0 Å². The number of halogens is 2. The molecule has 0 saturated carbocycles. The number of nitrogens with two attached hydrogens (primary N) is 1. The lowest BCUT2D eigenvalue weighted by atomic mass is 10.2. The van der Waals surface area contributed by atoms with E-state index in [1.54, 1.807) is 13.0 Å². The van der Waals surface area contributed by atoms with Gasteiger partial charge in [-0.2, -0.15) is 5.26 Å². The van der Waals surface area contributed by atoms with E-state index in [2.05, 4.69) is 0 Å². The second-order valence-corrected chi connectivity index (χ2v) is 4.41. The number of hydrogen-bond acceptors (Lipinski definition) is 3. The van der Waals surface area contributed by atoms with E-state index >= 15 is 0 Å². The van der Waals surface area contributed by atoms with E-state index < -0.39 is 5.82 Å². The lowest BCUT2D eigenvalue weighted by Crippen LogP contribution is -1.95. The maximum Gasteiger partial charge on any atom is 0.167 e. The van der Waals surface area contributed by atoms with Gasteiger partial charge in [0.05, 0.1) is 16.7 Å². The molecule has 0 unspecified atom stereocenters. The lowest BCUT2D eigenvalue weighted by molar-refractivity contribution is 0.442. The standard InChI is InChI=1S/C14H10ClFN2O/c1-8-4-14(11(16)6-12(8)18)19-13-3-2-9(7-17)5-10(13)15/h2-6H,18H2,1H3. The molecule has 96 valence electrons. The number of anilines is 1. The first-order valence-corrected chi connectivity index (χ1v) is 5.82. The monoisotopic (exact) mass is 276 g/mol. The van der Waals surface area contributed by atoms with Crippen LogP contribution >= 0.6 is 11.6 Å². The molecule has 0 aliphatic carbocycles. The third-order valence-corrected chi connectivity index (χ3v) is 2.90. The highest BCUT2D eigenvalue weighted by molar-refractivity contribution is 6.32. The minimum atomic E-state index is -0.566. The first-order chi connectivity index (χ1) is 9.01. The SMILES string of the molecule is Cc1cc(Oc2ccc(C#N)cc2Cl)c(F)cc1N. The molecule has 2 rings (SSSR count). The van der Waals surface area contributed by atoms with Gasteiger partial charge in [-0.25, -0.2) is 4.39 Å². The predicted octanol–water partition coefficient (Wildman–Crippen LogP) is 4.03. The van der Waals surface area contributed by atoms with Crippen molar-refractivity contribution in [1.82, 2.24) is 0 Å². The molecule has 5 heteroatoms. The van der Waals surface area contributed by atoms with Crippen molar-refractivity contribution < 1.29 is 9.13 Å². The average Bonchev–Trinajstić information content (AvgIpc) is 2.38. The molecule has 0 saturated heterocycles. The molecule has 0 aliphatic rings. The van der Waals surface area contributed by atoms with E-state index in [-0.39, 0.29) is 16.5 Å². The fourth-order valence-electron chi connectivity index (χ4n) is 1.52. The predicted molar refractivity (Wildman–Crippen MR) is 71.8 cm³/mol. The molecule has 2 aromatic carbocycles. The molecular weight excluding hydrogens is 267 g/mol. The molecule has 0 fully saturated rings. The minimum Gasteiger partial charge on any atom is -0.453 e. The van der Waals surface area contributed by atoms with Gasteiger partial charge in [0.25, 0.3) is 0 Å². The van der Waals surface area contributed by atoms with Crippen LogP contribution in [0.3, 0.4) is 0 Å². The summed E-state index contributed by atoms with van der Waals surface area (Å²) < 4.78 is 19.1. The third kappa shape index (κ3) is 2.78. The molecular formula is C14H10ClFN2O. The number of nitrogens with zero attached hydrogens (tertiary/aromatic N) is 1. The topological polar surface area (TPSA) is 59.0 Å². The van der Waals surface area contributed by atoms with Crippen molar-refractivity contribution in [2.75, 3.05) is 5.73 Å². The van der Waals surface area contributed by atoms with Crippen molar-refractivity contribution in [3.8, 4) is 17.6 Å². The molecule has 3 nitrogen and oxygen atoms in total. The summed E-state index contributed by atoms with van der Waals surface area (Å²) in [6, 6.07) is 9.17. The number of nitrogen functional groups attached to an aromatic ring is 1. The summed E-state index contributed by atoms with van der Waals surface area (Å²) >= 11 is 5.96. The Morgan fingerprint density at radius 1 is 1.26 bits per heavy atom. The van der Waals surface area contributed by atoms with Crippen LogP contribution in [-0.2, 0) is 0 Å². The molecule has 0 spiro atoms. The molecule has 0 radical (unpaired) electrons. The smallest absolute Gasteiger partial charge is 0.167 e. The Balaban J connectivity index is 2.37. The maximum atomic E-state index is 13.7. The lowest BCUT2D eigenvalue weighted by Gasteiger charge is -2.10. The Morgan fingerprint density at radius 2 is 2.00 bits per heavy atom. The molecule has 0 aliphatic heterocycles. The molecule has 2 N–H and O–H groups in total. The Labute approximate surface area is 115 Å². The number of hydrogen-bond donors (Lipinski definition) is 1. The van der Waals surface area contributed by atoms with Gasteiger partial charge in [-0.3, -0.25) is 0 Å². The van der Waals surface area contributed by atoms with Crippen LogP contribution in [0.1, 0.15) is 11.1 Å². The van der Waals surface area contributed by atoms with Crippen LogP contribution < -0.4 is 10.5 Å². The van der Waals surface area contributed by atoms with Gasteiger partial charge in [0.2, 0.25) is 0 Å². The number of rotatable bonds is 2. The number of benzene rings is 2. The summed E-state index contributed by atoms with van der Waals surface area (Å²) in [5, 5.41) is 8.97. The summed E-state index contributed by atoms with van der Waals surface area (Å²) in [6.45, 7) is 1.75. The molecule has 0 aromatic heterocycles. The normalized spacial score (nSPS) is 10.0. The highest BCUT2D eigenvalue weighted by atomic mass is 35.5. The van der Waals surface area contributed by atoms with E-state index in [0.29, 0.717) is 16.8 Å². The van der Waals surface area contributed by atoms with Gasteiger partial charge in [0.1, 0.15) is 5.75 Å². The van der Waals surface area contributed by atoms with Gasteiger partial charge < -0.3 is 10.5 Å². The Hall–Kier alpha value is -2.25. The van der Waals surface area contributed by atoms with Gasteiger partial charge in [0.15, 0.2) is 11.6 Å². The van der Waals surface area contributed by atoms with Crippen LogP contribution in [0.15, 0.2) is 30.3 Å². The summed E-state index contributed by atoms with van der Waals surface area (Å²) in [7, 11) is 0. The zero-order valence-electron chi connectivity index (χ0n) is 10.1. The minimum absolute atomic E-state index is 0.0401. The van der Waals surface area contributed by atoms with E-state index in [0.717, 1.165) is 0 Å². The van der Waals surface area contributed by atoms with Crippen LogP contribution in [0.5, 0.6) is 11.5 Å². The third-order valence-electron chi connectivity index (χ3n) is 2.60. The Bertz CT molecular complexity index is 680. The molecule has 0 heterocycles. The largest absolute Gasteiger partial charge is 0.453 e. The molecule has 0 atom stereocenters. The first kappa shape index (κ1) is 13.2. The maximum absolute atomic E-state index is 13.7. The zero-order valence-corrected chi connectivity index (χ0v) is 10.8. The first-order valence-electron chi connectivity index (χ1n) is 5.44. The van der Waals surface area contributed by atoms with Gasteiger partial charge in [-0.1, -0.05) is 11.6 Å². The van der Waals surface area contributed by atoms with Crippen molar-refractivity contribution in [1.29, 1.82) is 5.26 Å². The average molecular weight is 277 g/mol. The second kappa shape index (κ2) is 5.17. The molecule has 0 amide bonds. The quantitative estimate of drug-likeness (QED) is 0.842. The highest BCUT2D eigenvalue weighted by Gasteiger charge is 2.10. The second-order valence-electron chi connectivity index (χ2n) is 4.00. The number of ether oxygens (including phenoxy) is 1. The van der Waals surface area contributed by atoms with Crippen LogP contribution in [-0.4, -0.2) is 0 Å². The summed E-state index contributed by atoms with van der Waals surface area (Å²) in [5.41, 5.74) is 7.07. The number of nitriles is 1. The van der Waals surface area contributed by atoms with Crippen molar-refractivity contribution in [2.24, 2.45) is 0 Å². The van der Waals surface area contributed by atoms with E-state index in [1.165, 1.54) is 24.3 Å². The summed E-state index contributed by atoms with van der Waals surface area (Å²) in [4.78, 5) is 0. The fraction of sp³-hybridized carbons (Fsp3) is 0.0714. The van der Waals surface area contributed by atoms with E-state index in [9.17, 15) is 4.39 Å². The Morgan fingerprint density at radius 3 is 2.63 bits per heavy atom. The van der Waals surface area contributed by atoms with Crippen molar-refractivity contribution in [2.45, 2.75) is 6.92 Å². The van der Waals surface area contributed by atoms with Crippen LogP contribution in [0.25, 0.3) is 0 Å². The fourth-order valence-corrected chi connectivity index (χ4v) is 1.74. The van der Waals surface area contributed by atoms with Crippen LogP contribution in [0.2, 0.25) is 5.02 Å². The van der Waals surface area contributed by atoms with E-state index in [1.807, 2.05) is 6.07 Å². The molecule has 0 bridgehead atoms. The van der Waals surface area contributed by atoms with Gasteiger partial charge >= 0.3 is 0 Å². The van der Waals surface area contributed by atoms with E-state index in [4.69, 9.17) is 27.3 Å². The number of aryl methyl sites for hydroxylation is 1. The Kier molecular flexibility index (Phi) is 3.59. The summed E-state index contributed by atoms with van der Waals surface area (Å²) in [6.07, 6.45) is 0. The van der Waals surface area contributed by atoms with Gasteiger partial charge in [-0.05, 0) is 36.8 Å². The zero-order chi connectivity index (χ0) is 14.0. The van der Waals surface area contributed by atoms with Crippen molar-refractivity contribution >= 4 is 17.3 Å². The molecule has 2 aromatic rings. The summed E-state index contributed by atoms with van der Waals surface area (Å²) in [5.74, 6) is -0.245. The van der Waals surface area contributed by atoms with Crippen molar-refractivity contribution in [3.05, 3.63) is 52.3 Å². The molecule has 19 heavy (non-hydrogen) atoms. The van der Waals surface area contributed by atoms with Gasteiger partial charge in [0, 0.05) is 11.8 Å². The van der Waals surface area contributed by atoms with Crippen LogP contribution in [0.4, 0.5) is 10.1 Å². The van der Waals surface area contributed by atoms with Crippen LogP contribution in [0, 0.1) is 24.1 Å². The highest BCUT2D eigenvalue weighted by Crippen LogP contribution is 2.33. The van der Waals surface area contributed by atoms with Gasteiger partial charge in [-0.15, -0.1) is 0 Å².